The number of hydrogen-bond donors (Lipinski definition) is 0. The lowest BCUT2D eigenvalue weighted by molar-refractivity contribution is 0.252. The fraction of sp³-hybridized carbons (Fsp3) is 0.647. The summed E-state index contributed by atoms with van der Waals surface area (Å²) in [6.07, 6.45) is 9.80. The zero-order valence-corrected chi connectivity index (χ0v) is 11.8. The maximum Gasteiger partial charge on any atom is 0.126 e. The predicted octanol–water partition coefficient (Wildman–Crippen LogP) is 5.50. The van der Waals surface area contributed by atoms with Gasteiger partial charge in [-0.25, -0.2) is 8.78 Å². The van der Waals surface area contributed by atoms with Gasteiger partial charge in [-0.2, -0.15) is 0 Å². The molecule has 0 amide bonds. The monoisotopic (exact) mass is 266 g/mol. The topological polar surface area (TPSA) is 0 Å². The molecule has 106 valence electrons. The molecule has 0 saturated heterocycles. The third kappa shape index (κ3) is 4.59. The molecule has 1 aliphatic rings. The fourth-order valence-corrected chi connectivity index (χ4v) is 3.34. The summed E-state index contributed by atoms with van der Waals surface area (Å²) in [5, 5.41) is 0. The molecule has 2 rings (SSSR count). The predicted molar refractivity (Wildman–Crippen MR) is 75.0 cm³/mol. The first kappa shape index (κ1) is 14.5. The van der Waals surface area contributed by atoms with Crippen LogP contribution in [-0.2, 0) is 6.42 Å². The molecule has 1 fully saturated rings. The summed E-state index contributed by atoms with van der Waals surface area (Å²) in [6, 6.07) is 3.87. The van der Waals surface area contributed by atoms with E-state index in [2.05, 4.69) is 6.92 Å². The van der Waals surface area contributed by atoms with E-state index >= 15 is 0 Å². The van der Waals surface area contributed by atoms with Gasteiger partial charge in [-0.1, -0.05) is 45.4 Å². The molecule has 0 bridgehead atoms. The Labute approximate surface area is 115 Å². The molecule has 0 aromatic heterocycles. The summed E-state index contributed by atoms with van der Waals surface area (Å²) in [5.74, 6) is 0.760. The van der Waals surface area contributed by atoms with Crippen molar-refractivity contribution in [3.05, 3.63) is 35.4 Å². The lowest BCUT2D eigenvalue weighted by atomic mass is 9.78. The van der Waals surface area contributed by atoms with Gasteiger partial charge in [0.25, 0.3) is 0 Å². The summed E-state index contributed by atoms with van der Waals surface area (Å²) in [4.78, 5) is 0. The van der Waals surface area contributed by atoms with Gasteiger partial charge < -0.3 is 0 Å². The van der Waals surface area contributed by atoms with Crippen LogP contribution < -0.4 is 0 Å². The number of benzene rings is 1. The number of hydrogen-bond acceptors (Lipinski definition) is 0. The first-order valence-electron chi connectivity index (χ1n) is 7.62. The van der Waals surface area contributed by atoms with Crippen LogP contribution in [0.2, 0.25) is 0 Å². The Morgan fingerprint density at radius 3 is 1.95 bits per heavy atom. The standard InChI is InChI=1S/C17H24F2/c1-2-3-13-4-6-14(7-5-13)8-9-15-10-16(18)12-17(19)11-15/h10-14H,2-9H2,1H3. The van der Waals surface area contributed by atoms with Crippen LogP contribution in [0.15, 0.2) is 18.2 Å². The Morgan fingerprint density at radius 1 is 0.895 bits per heavy atom. The van der Waals surface area contributed by atoms with Crippen LogP contribution in [0.1, 0.15) is 57.4 Å². The lowest BCUT2D eigenvalue weighted by Crippen LogP contribution is -2.15. The van der Waals surface area contributed by atoms with Gasteiger partial charge in [0.2, 0.25) is 0 Å². The minimum Gasteiger partial charge on any atom is -0.207 e. The van der Waals surface area contributed by atoms with E-state index in [4.69, 9.17) is 0 Å². The maximum absolute atomic E-state index is 13.1. The van der Waals surface area contributed by atoms with Crippen molar-refractivity contribution in [2.45, 2.75) is 58.3 Å². The average molecular weight is 266 g/mol. The highest BCUT2D eigenvalue weighted by molar-refractivity contribution is 5.18. The second-order valence-electron chi connectivity index (χ2n) is 5.99. The van der Waals surface area contributed by atoms with E-state index in [0.29, 0.717) is 0 Å². The van der Waals surface area contributed by atoms with Crippen LogP contribution >= 0.6 is 0 Å². The van der Waals surface area contributed by atoms with E-state index in [0.717, 1.165) is 36.3 Å². The van der Waals surface area contributed by atoms with Crippen molar-refractivity contribution in [3.63, 3.8) is 0 Å². The van der Waals surface area contributed by atoms with Gasteiger partial charge in [0.1, 0.15) is 11.6 Å². The zero-order chi connectivity index (χ0) is 13.7. The smallest absolute Gasteiger partial charge is 0.126 e. The van der Waals surface area contributed by atoms with E-state index in [9.17, 15) is 8.78 Å². The molecule has 0 N–H and O–H groups in total. The Kier molecular flexibility index (Phi) is 5.35. The molecule has 2 heteroatoms. The van der Waals surface area contributed by atoms with Gasteiger partial charge >= 0.3 is 0 Å². The summed E-state index contributed by atoms with van der Waals surface area (Å²) in [5.41, 5.74) is 0.799. The van der Waals surface area contributed by atoms with E-state index < -0.39 is 11.6 Å². The molecule has 19 heavy (non-hydrogen) atoms. The van der Waals surface area contributed by atoms with Gasteiger partial charge in [-0.05, 0) is 42.4 Å². The first-order chi connectivity index (χ1) is 9.17. The average Bonchev–Trinajstić information content (AvgIpc) is 2.37. The Hall–Kier alpha value is -0.920. The van der Waals surface area contributed by atoms with Crippen LogP contribution in [0.3, 0.4) is 0 Å². The highest BCUT2D eigenvalue weighted by Gasteiger charge is 2.20. The summed E-state index contributed by atoms with van der Waals surface area (Å²) in [6.45, 7) is 2.25. The van der Waals surface area contributed by atoms with Gasteiger partial charge in [-0.15, -0.1) is 0 Å². The highest BCUT2D eigenvalue weighted by Crippen LogP contribution is 2.33. The molecule has 1 aromatic carbocycles. The summed E-state index contributed by atoms with van der Waals surface area (Å²) in [7, 11) is 0. The summed E-state index contributed by atoms with van der Waals surface area (Å²) < 4.78 is 26.2. The van der Waals surface area contributed by atoms with Gasteiger partial charge in [-0.3, -0.25) is 0 Å². The van der Waals surface area contributed by atoms with Crippen LogP contribution in [0.4, 0.5) is 8.78 Å². The second kappa shape index (κ2) is 7.02. The van der Waals surface area contributed by atoms with Crippen molar-refractivity contribution < 1.29 is 8.78 Å². The molecule has 0 aliphatic heterocycles. The van der Waals surface area contributed by atoms with Crippen molar-refractivity contribution in [2.75, 3.05) is 0 Å². The van der Waals surface area contributed by atoms with Crippen molar-refractivity contribution >= 4 is 0 Å². The molecule has 0 heterocycles. The Bertz CT molecular complexity index is 372. The van der Waals surface area contributed by atoms with Crippen LogP contribution in [0.5, 0.6) is 0 Å². The van der Waals surface area contributed by atoms with Crippen LogP contribution in [0.25, 0.3) is 0 Å². The second-order valence-corrected chi connectivity index (χ2v) is 5.99. The molecular weight excluding hydrogens is 242 g/mol. The molecule has 1 saturated carbocycles. The molecular formula is C17H24F2. The maximum atomic E-state index is 13.1. The molecule has 0 spiro atoms. The molecule has 0 atom stereocenters. The number of aryl methyl sites for hydroxylation is 1. The minimum atomic E-state index is -0.457. The quantitative estimate of drug-likeness (QED) is 0.659. The first-order valence-corrected chi connectivity index (χ1v) is 7.62. The highest BCUT2D eigenvalue weighted by atomic mass is 19.1. The largest absolute Gasteiger partial charge is 0.207 e. The minimum absolute atomic E-state index is 0.457. The summed E-state index contributed by atoms with van der Waals surface area (Å²) >= 11 is 0. The van der Waals surface area contributed by atoms with Crippen LogP contribution in [-0.4, -0.2) is 0 Å². The lowest BCUT2D eigenvalue weighted by Gasteiger charge is -2.28. The molecule has 1 aliphatic carbocycles. The van der Waals surface area contributed by atoms with Crippen molar-refractivity contribution in [3.8, 4) is 0 Å². The Balaban J connectivity index is 1.77. The Morgan fingerprint density at radius 2 is 1.42 bits per heavy atom. The van der Waals surface area contributed by atoms with Crippen molar-refractivity contribution in [1.29, 1.82) is 0 Å². The van der Waals surface area contributed by atoms with Crippen molar-refractivity contribution in [2.24, 2.45) is 11.8 Å². The number of halogens is 2. The van der Waals surface area contributed by atoms with E-state index in [1.54, 1.807) is 0 Å². The number of rotatable bonds is 5. The molecule has 0 unspecified atom stereocenters. The van der Waals surface area contributed by atoms with E-state index in [-0.39, 0.29) is 0 Å². The third-order valence-corrected chi connectivity index (χ3v) is 4.43. The van der Waals surface area contributed by atoms with E-state index in [1.165, 1.54) is 50.7 Å². The molecule has 0 radical (unpaired) electrons. The molecule has 0 nitrogen and oxygen atoms in total. The fourth-order valence-electron chi connectivity index (χ4n) is 3.34. The third-order valence-electron chi connectivity index (χ3n) is 4.43. The van der Waals surface area contributed by atoms with Gasteiger partial charge in [0.05, 0.1) is 0 Å². The zero-order valence-electron chi connectivity index (χ0n) is 11.8. The van der Waals surface area contributed by atoms with Gasteiger partial charge in [0.15, 0.2) is 0 Å². The normalized spacial score (nSPS) is 23.5. The SMILES string of the molecule is CCCC1CCC(CCc2cc(F)cc(F)c2)CC1. The van der Waals surface area contributed by atoms with Crippen LogP contribution in [0, 0.1) is 23.5 Å². The van der Waals surface area contributed by atoms with Gasteiger partial charge in [0, 0.05) is 6.07 Å². The molecule has 1 aromatic rings. The van der Waals surface area contributed by atoms with Crippen molar-refractivity contribution in [1.82, 2.24) is 0 Å². The van der Waals surface area contributed by atoms with E-state index in [1.807, 2.05) is 0 Å².